The molecule has 14 heavy (non-hydrogen) atoms. The highest BCUT2D eigenvalue weighted by atomic mass is 32.2. The summed E-state index contributed by atoms with van der Waals surface area (Å²) in [6, 6.07) is 10.2. The van der Waals surface area contributed by atoms with Crippen molar-refractivity contribution < 1.29 is 5.11 Å². The molecule has 1 N–H and O–H groups in total. The van der Waals surface area contributed by atoms with Gasteiger partial charge in [-0.2, -0.15) is 0 Å². The summed E-state index contributed by atoms with van der Waals surface area (Å²) < 4.78 is 0. The second kappa shape index (κ2) is 5.89. The van der Waals surface area contributed by atoms with Crippen LogP contribution >= 0.6 is 11.8 Å². The number of aliphatic hydroxyl groups excluding tert-OH is 1. The van der Waals surface area contributed by atoms with E-state index in [2.05, 4.69) is 18.7 Å². The first-order valence-corrected chi connectivity index (χ1v) is 5.70. The van der Waals surface area contributed by atoms with Gasteiger partial charge in [-0.05, 0) is 25.5 Å². The van der Waals surface area contributed by atoms with E-state index in [4.69, 9.17) is 0 Å². The van der Waals surface area contributed by atoms with Crippen molar-refractivity contribution in [1.82, 2.24) is 0 Å². The van der Waals surface area contributed by atoms with Crippen LogP contribution in [-0.4, -0.2) is 17.0 Å². The Morgan fingerprint density at radius 2 is 2.07 bits per heavy atom. The van der Waals surface area contributed by atoms with Crippen molar-refractivity contribution in [2.75, 3.05) is 5.75 Å². The van der Waals surface area contributed by atoms with Gasteiger partial charge in [-0.25, -0.2) is 0 Å². The van der Waals surface area contributed by atoms with Crippen molar-refractivity contribution in [1.29, 1.82) is 0 Å². The number of aliphatic hydroxyl groups is 1. The normalized spacial score (nSPS) is 12.4. The lowest BCUT2D eigenvalue weighted by Gasteiger charge is -2.09. The maximum atomic E-state index is 9.49. The van der Waals surface area contributed by atoms with E-state index in [-0.39, 0.29) is 6.10 Å². The number of benzene rings is 1. The summed E-state index contributed by atoms with van der Waals surface area (Å²) in [6.07, 6.45) is 0.417. The predicted octanol–water partition coefficient (Wildman–Crippen LogP) is 3.11. The molecule has 0 aromatic heterocycles. The number of thioether (sulfide) groups is 1. The van der Waals surface area contributed by atoms with E-state index in [1.807, 2.05) is 25.1 Å². The Balaban J connectivity index is 2.26. The second-order valence-corrected chi connectivity index (χ2v) is 4.48. The average Bonchev–Trinajstić information content (AvgIpc) is 2.19. The molecular formula is C12H16OS. The van der Waals surface area contributed by atoms with E-state index in [9.17, 15) is 5.11 Å². The lowest BCUT2D eigenvalue weighted by atomic mass is 10.1. The van der Waals surface area contributed by atoms with Crippen molar-refractivity contribution in [3.63, 3.8) is 0 Å². The molecule has 0 aliphatic heterocycles. The molecule has 1 aromatic rings. The molecule has 0 radical (unpaired) electrons. The topological polar surface area (TPSA) is 20.2 Å². The van der Waals surface area contributed by atoms with Gasteiger partial charge in [0.25, 0.3) is 0 Å². The molecule has 0 heterocycles. The first-order valence-electron chi connectivity index (χ1n) is 4.71. The van der Waals surface area contributed by atoms with E-state index in [0.717, 1.165) is 17.7 Å². The van der Waals surface area contributed by atoms with Crippen LogP contribution in [0.3, 0.4) is 0 Å². The molecule has 0 fully saturated rings. The molecule has 1 rings (SSSR count). The number of rotatable bonds is 5. The molecular weight excluding hydrogens is 192 g/mol. The number of hydrogen-bond acceptors (Lipinski definition) is 2. The molecule has 0 amide bonds. The van der Waals surface area contributed by atoms with Crippen molar-refractivity contribution in [3.05, 3.63) is 42.5 Å². The minimum absolute atomic E-state index is 0.355. The molecule has 2 heteroatoms. The first-order chi connectivity index (χ1) is 6.70. The molecule has 1 unspecified atom stereocenters. The van der Waals surface area contributed by atoms with Crippen LogP contribution in [0.25, 0.3) is 0 Å². The van der Waals surface area contributed by atoms with Gasteiger partial charge in [0.15, 0.2) is 0 Å². The largest absolute Gasteiger partial charge is 0.389 e. The molecule has 1 nitrogen and oxygen atoms in total. The molecule has 76 valence electrons. The van der Waals surface area contributed by atoms with Crippen molar-refractivity contribution in [3.8, 4) is 0 Å². The summed E-state index contributed by atoms with van der Waals surface area (Å²) in [7, 11) is 0. The lowest BCUT2D eigenvalue weighted by molar-refractivity contribution is 0.208. The standard InChI is InChI=1S/C12H16OS/c1-10(2)12(13)8-9-14-11-6-4-3-5-7-11/h3-7,12-13H,1,8-9H2,2H3. The SMILES string of the molecule is C=C(C)C(O)CCSc1ccccc1. The third-order valence-electron chi connectivity index (χ3n) is 1.97. The Bertz CT molecular complexity index is 282. The molecule has 0 bridgehead atoms. The molecule has 1 aromatic carbocycles. The van der Waals surface area contributed by atoms with E-state index in [0.29, 0.717) is 0 Å². The third-order valence-corrected chi connectivity index (χ3v) is 3.02. The van der Waals surface area contributed by atoms with Gasteiger partial charge in [0.1, 0.15) is 0 Å². The van der Waals surface area contributed by atoms with Gasteiger partial charge in [0.2, 0.25) is 0 Å². The fourth-order valence-corrected chi connectivity index (χ4v) is 1.98. The van der Waals surface area contributed by atoms with E-state index >= 15 is 0 Å². The Labute approximate surface area is 89.8 Å². The van der Waals surface area contributed by atoms with Crippen molar-refractivity contribution >= 4 is 11.8 Å². The summed E-state index contributed by atoms with van der Waals surface area (Å²) in [5.74, 6) is 0.929. The number of hydrogen-bond donors (Lipinski definition) is 1. The molecule has 0 saturated carbocycles. The zero-order chi connectivity index (χ0) is 10.4. The van der Waals surface area contributed by atoms with Gasteiger partial charge in [-0.15, -0.1) is 11.8 Å². The van der Waals surface area contributed by atoms with Crippen LogP contribution in [-0.2, 0) is 0 Å². The van der Waals surface area contributed by atoms with Crippen LogP contribution in [0.15, 0.2) is 47.4 Å². The van der Waals surface area contributed by atoms with Gasteiger partial charge in [0, 0.05) is 10.6 Å². The zero-order valence-electron chi connectivity index (χ0n) is 8.44. The lowest BCUT2D eigenvalue weighted by Crippen LogP contribution is -2.07. The van der Waals surface area contributed by atoms with E-state index < -0.39 is 0 Å². The fourth-order valence-electron chi connectivity index (χ4n) is 1.05. The Kier molecular flexibility index (Phi) is 4.77. The van der Waals surface area contributed by atoms with Crippen molar-refractivity contribution in [2.45, 2.75) is 24.3 Å². The smallest absolute Gasteiger partial charge is 0.0752 e. The maximum absolute atomic E-state index is 9.49. The minimum atomic E-state index is -0.355. The predicted molar refractivity (Wildman–Crippen MR) is 62.6 cm³/mol. The van der Waals surface area contributed by atoms with Gasteiger partial charge >= 0.3 is 0 Å². The summed E-state index contributed by atoms with van der Waals surface area (Å²) >= 11 is 1.77. The summed E-state index contributed by atoms with van der Waals surface area (Å²) in [5.41, 5.74) is 0.846. The molecule has 1 atom stereocenters. The van der Waals surface area contributed by atoms with Crippen LogP contribution in [0, 0.1) is 0 Å². The second-order valence-electron chi connectivity index (χ2n) is 3.31. The first kappa shape index (κ1) is 11.3. The molecule has 0 spiro atoms. The quantitative estimate of drug-likeness (QED) is 0.592. The zero-order valence-corrected chi connectivity index (χ0v) is 9.26. The Morgan fingerprint density at radius 1 is 1.43 bits per heavy atom. The van der Waals surface area contributed by atoms with E-state index in [1.165, 1.54) is 4.90 Å². The van der Waals surface area contributed by atoms with Crippen LogP contribution in [0.5, 0.6) is 0 Å². The highest BCUT2D eigenvalue weighted by Crippen LogP contribution is 2.19. The average molecular weight is 208 g/mol. The highest BCUT2D eigenvalue weighted by Gasteiger charge is 2.03. The van der Waals surface area contributed by atoms with Crippen LogP contribution < -0.4 is 0 Å². The minimum Gasteiger partial charge on any atom is -0.389 e. The summed E-state index contributed by atoms with van der Waals surface area (Å²) in [6.45, 7) is 5.58. The van der Waals surface area contributed by atoms with E-state index in [1.54, 1.807) is 11.8 Å². The third kappa shape index (κ3) is 3.99. The summed E-state index contributed by atoms with van der Waals surface area (Å²) in [4.78, 5) is 1.25. The van der Waals surface area contributed by atoms with Crippen LogP contribution in [0.2, 0.25) is 0 Å². The fraction of sp³-hybridized carbons (Fsp3) is 0.333. The Hall–Kier alpha value is -0.730. The highest BCUT2D eigenvalue weighted by molar-refractivity contribution is 7.99. The van der Waals surface area contributed by atoms with Crippen LogP contribution in [0.1, 0.15) is 13.3 Å². The van der Waals surface area contributed by atoms with Crippen molar-refractivity contribution in [2.24, 2.45) is 0 Å². The van der Waals surface area contributed by atoms with Gasteiger partial charge in [-0.1, -0.05) is 30.4 Å². The van der Waals surface area contributed by atoms with Gasteiger partial charge < -0.3 is 5.11 Å². The monoisotopic (exact) mass is 208 g/mol. The molecule has 0 aliphatic rings. The molecule has 0 saturated heterocycles. The Morgan fingerprint density at radius 3 is 2.64 bits per heavy atom. The molecule has 0 aliphatic carbocycles. The summed E-state index contributed by atoms with van der Waals surface area (Å²) in [5, 5.41) is 9.49. The maximum Gasteiger partial charge on any atom is 0.0752 e. The van der Waals surface area contributed by atoms with Gasteiger partial charge in [-0.3, -0.25) is 0 Å². The van der Waals surface area contributed by atoms with Gasteiger partial charge in [0.05, 0.1) is 6.10 Å². The van der Waals surface area contributed by atoms with Crippen LogP contribution in [0.4, 0.5) is 0 Å².